The number of nitrogens with one attached hydrogen (secondary N) is 2. The summed E-state index contributed by atoms with van der Waals surface area (Å²) in [5.74, 6) is -0.260. The van der Waals surface area contributed by atoms with E-state index in [-0.39, 0.29) is 5.91 Å². The first-order chi connectivity index (χ1) is 9.78. The van der Waals surface area contributed by atoms with Gasteiger partial charge in [-0.05, 0) is 24.3 Å². The Morgan fingerprint density at radius 2 is 2.10 bits per heavy atom. The zero-order valence-corrected chi connectivity index (χ0v) is 10.4. The summed E-state index contributed by atoms with van der Waals surface area (Å²) in [5, 5.41) is 19.4. The summed E-state index contributed by atoms with van der Waals surface area (Å²) < 4.78 is 0. The number of aromatic nitrogens is 2. The summed E-state index contributed by atoms with van der Waals surface area (Å²) in [6.45, 7) is 0. The second kappa shape index (κ2) is 4.86. The zero-order chi connectivity index (χ0) is 13.9. The smallest absolute Gasteiger partial charge is 0.255 e. The third-order valence-corrected chi connectivity index (χ3v) is 3.00. The Bertz CT molecular complexity index is 829. The van der Waals surface area contributed by atoms with Crippen LogP contribution in [0.2, 0.25) is 0 Å². The highest BCUT2D eigenvalue weighted by Gasteiger charge is 2.09. The van der Waals surface area contributed by atoms with Crippen molar-refractivity contribution in [2.75, 3.05) is 5.32 Å². The number of rotatable bonds is 2. The van der Waals surface area contributed by atoms with Crippen LogP contribution in [-0.4, -0.2) is 16.1 Å². The largest absolute Gasteiger partial charge is 0.321 e. The van der Waals surface area contributed by atoms with E-state index in [1.54, 1.807) is 42.6 Å². The lowest BCUT2D eigenvalue weighted by Gasteiger charge is -2.06. The lowest BCUT2D eigenvalue weighted by molar-refractivity contribution is 0.102. The van der Waals surface area contributed by atoms with Gasteiger partial charge in [0.25, 0.3) is 5.91 Å². The average molecular weight is 262 g/mol. The summed E-state index contributed by atoms with van der Waals surface area (Å²) in [6.07, 6.45) is 1.70. The number of hydrogen-bond donors (Lipinski definition) is 2. The Labute approximate surface area is 114 Å². The van der Waals surface area contributed by atoms with Gasteiger partial charge in [-0.25, -0.2) is 0 Å². The molecule has 3 rings (SSSR count). The van der Waals surface area contributed by atoms with Crippen molar-refractivity contribution in [3.8, 4) is 6.07 Å². The number of anilines is 1. The van der Waals surface area contributed by atoms with E-state index in [1.807, 2.05) is 12.1 Å². The van der Waals surface area contributed by atoms with E-state index in [4.69, 9.17) is 5.26 Å². The molecule has 0 saturated carbocycles. The predicted molar refractivity (Wildman–Crippen MR) is 75.2 cm³/mol. The minimum absolute atomic E-state index is 0.260. The number of para-hydroxylation sites is 1. The molecule has 1 heterocycles. The molecule has 0 aliphatic carbocycles. The van der Waals surface area contributed by atoms with Crippen LogP contribution >= 0.6 is 0 Å². The molecule has 20 heavy (non-hydrogen) atoms. The molecular formula is C15H10N4O. The molecule has 0 radical (unpaired) electrons. The van der Waals surface area contributed by atoms with Gasteiger partial charge in [-0.15, -0.1) is 0 Å². The predicted octanol–water partition coefficient (Wildman–Crippen LogP) is 2.69. The fraction of sp³-hybridized carbons (Fsp3) is 0. The maximum Gasteiger partial charge on any atom is 0.255 e. The molecule has 1 amide bonds. The molecule has 2 N–H and O–H groups in total. The summed E-state index contributed by atoms with van der Waals surface area (Å²) in [5.41, 5.74) is 2.24. The minimum Gasteiger partial charge on any atom is -0.321 e. The van der Waals surface area contributed by atoms with E-state index in [0.717, 1.165) is 10.9 Å². The van der Waals surface area contributed by atoms with E-state index in [1.165, 1.54) is 0 Å². The Hall–Kier alpha value is -3.13. The lowest BCUT2D eigenvalue weighted by atomic mass is 10.1. The molecule has 0 unspecified atom stereocenters. The number of nitrogens with zero attached hydrogens (tertiary/aromatic N) is 2. The van der Waals surface area contributed by atoms with E-state index in [2.05, 4.69) is 15.5 Å². The topological polar surface area (TPSA) is 81.6 Å². The average Bonchev–Trinajstić information content (AvgIpc) is 2.95. The molecule has 0 saturated heterocycles. The fourth-order valence-electron chi connectivity index (χ4n) is 1.96. The second-order valence-corrected chi connectivity index (χ2v) is 4.28. The third kappa shape index (κ3) is 2.10. The van der Waals surface area contributed by atoms with Crippen LogP contribution in [0.15, 0.2) is 48.7 Å². The van der Waals surface area contributed by atoms with Gasteiger partial charge in [-0.3, -0.25) is 9.89 Å². The number of carbonyl (C=O) groups excluding carboxylic acids is 1. The van der Waals surface area contributed by atoms with Crippen LogP contribution in [0.3, 0.4) is 0 Å². The number of H-pyrrole nitrogens is 1. The van der Waals surface area contributed by atoms with Crippen molar-refractivity contribution in [3.63, 3.8) is 0 Å². The van der Waals surface area contributed by atoms with Gasteiger partial charge < -0.3 is 5.32 Å². The number of benzene rings is 2. The number of aromatic amines is 1. The Kier molecular flexibility index (Phi) is 2.90. The van der Waals surface area contributed by atoms with Crippen molar-refractivity contribution < 1.29 is 4.79 Å². The molecule has 5 nitrogen and oxygen atoms in total. The highest BCUT2D eigenvalue weighted by molar-refractivity contribution is 6.06. The van der Waals surface area contributed by atoms with Crippen LogP contribution in [0, 0.1) is 11.3 Å². The molecule has 0 atom stereocenters. The van der Waals surface area contributed by atoms with Gasteiger partial charge in [0.05, 0.1) is 23.0 Å². The lowest BCUT2D eigenvalue weighted by Crippen LogP contribution is -2.12. The molecule has 96 valence electrons. The maximum absolute atomic E-state index is 12.2. The molecule has 3 aromatic rings. The SMILES string of the molecule is N#Cc1ccccc1NC(=O)c1ccc2cn[nH]c2c1. The molecular weight excluding hydrogens is 252 g/mol. The first-order valence-corrected chi connectivity index (χ1v) is 6.01. The number of hydrogen-bond acceptors (Lipinski definition) is 3. The molecule has 1 aromatic heterocycles. The first kappa shape index (κ1) is 11.9. The van der Waals surface area contributed by atoms with E-state index in [9.17, 15) is 4.79 Å². The minimum atomic E-state index is -0.260. The number of amides is 1. The first-order valence-electron chi connectivity index (χ1n) is 6.01. The highest BCUT2D eigenvalue weighted by Crippen LogP contribution is 2.17. The van der Waals surface area contributed by atoms with Crippen LogP contribution in [-0.2, 0) is 0 Å². The molecule has 0 aliphatic heterocycles. The monoisotopic (exact) mass is 262 g/mol. The molecule has 5 heteroatoms. The van der Waals surface area contributed by atoms with Crippen LogP contribution in [0.1, 0.15) is 15.9 Å². The van der Waals surface area contributed by atoms with Gasteiger partial charge in [0.2, 0.25) is 0 Å². The normalized spacial score (nSPS) is 10.2. The van der Waals surface area contributed by atoms with Crippen molar-refractivity contribution >= 4 is 22.5 Å². The van der Waals surface area contributed by atoms with Crippen molar-refractivity contribution in [1.29, 1.82) is 5.26 Å². The zero-order valence-electron chi connectivity index (χ0n) is 10.4. The Morgan fingerprint density at radius 1 is 1.25 bits per heavy atom. The van der Waals surface area contributed by atoms with Crippen LogP contribution < -0.4 is 5.32 Å². The quantitative estimate of drug-likeness (QED) is 0.745. The molecule has 0 fully saturated rings. The Balaban J connectivity index is 1.91. The van der Waals surface area contributed by atoms with Gasteiger partial charge in [0, 0.05) is 10.9 Å². The standard InChI is InChI=1S/C15H10N4O/c16-8-11-3-1-2-4-13(11)18-15(20)10-5-6-12-9-17-19-14(12)7-10/h1-7,9H,(H,17,19)(H,18,20). The summed E-state index contributed by atoms with van der Waals surface area (Å²) >= 11 is 0. The third-order valence-electron chi connectivity index (χ3n) is 3.00. The highest BCUT2D eigenvalue weighted by atomic mass is 16.1. The Morgan fingerprint density at radius 3 is 2.95 bits per heavy atom. The van der Waals surface area contributed by atoms with Crippen LogP contribution in [0.4, 0.5) is 5.69 Å². The fourth-order valence-corrected chi connectivity index (χ4v) is 1.96. The van der Waals surface area contributed by atoms with E-state index < -0.39 is 0 Å². The number of fused-ring (bicyclic) bond motifs is 1. The molecule has 0 bridgehead atoms. The summed E-state index contributed by atoms with van der Waals surface area (Å²) in [7, 11) is 0. The van der Waals surface area contributed by atoms with Crippen molar-refractivity contribution in [2.24, 2.45) is 0 Å². The molecule has 0 spiro atoms. The van der Waals surface area contributed by atoms with Crippen LogP contribution in [0.5, 0.6) is 0 Å². The van der Waals surface area contributed by atoms with Crippen molar-refractivity contribution in [3.05, 3.63) is 59.8 Å². The van der Waals surface area contributed by atoms with Gasteiger partial charge in [-0.2, -0.15) is 10.4 Å². The summed E-state index contributed by atoms with van der Waals surface area (Å²) in [4.78, 5) is 12.2. The second-order valence-electron chi connectivity index (χ2n) is 4.28. The summed E-state index contributed by atoms with van der Waals surface area (Å²) in [6, 6.07) is 14.2. The van der Waals surface area contributed by atoms with E-state index >= 15 is 0 Å². The van der Waals surface area contributed by atoms with Crippen molar-refractivity contribution in [1.82, 2.24) is 10.2 Å². The number of nitriles is 1. The maximum atomic E-state index is 12.2. The number of carbonyl (C=O) groups is 1. The van der Waals surface area contributed by atoms with Gasteiger partial charge in [0.15, 0.2) is 0 Å². The van der Waals surface area contributed by atoms with Gasteiger partial charge in [-0.1, -0.05) is 18.2 Å². The molecule has 2 aromatic carbocycles. The molecule has 0 aliphatic rings. The van der Waals surface area contributed by atoms with Crippen molar-refractivity contribution in [2.45, 2.75) is 0 Å². The van der Waals surface area contributed by atoms with Crippen LogP contribution in [0.25, 0.3) is 10.9 Å². The van der Waals surface area contributed by atoms with E-state index in [0.29, 0.717) is 16.8 Å². The van der Waals surface area contributed by atoms with Gasteiger partial charge >= 0.3 is 0 Å². The van der Waals surface area contributed by atoms with Gasteiger partial charge in [0.1, 0.15) is 6.07 Å².